The summed E-state index contributed by atoms with van der Waals surface area (Å²) in [5.74, 6) is -1.000. The number of carboxylic acids is 1. The smallest absolute Gasteiger partial charge is 0.320 e. The lowest BCUT2D eigenvalue weighted by molar-refractivity contribution is -0.138. The molecule has 15 heavy (non-hydrogen) atoms. The van der Waals surface area contributed by atoms with Gasteiger partial charge in [-0.25, -0.2) is 0 Å². The molecule has 2 aromatic rings. The van der Waals surface area contributed by atoms with Crippen LogP contribution < -0.4 is 5.73 Å². The lowest BCUT2D eigenvalue weighted by atomic mass is 10.1. The number of furan rings is 1. The standard InChI is InChI=1S/C11H11NO3/c12-9(11(13)14)5-7-6-15-10-4-2-1-3-8(7)10/h1-4,6,9H,5,12H2,(H,13,14)/t9-/m0/s1. The van der Waals surface area contributed by atoms with Gasteiger partial charge in [-0.2, -0.15) is 0 Å². The van der Waals surface area contributed by atoms with Crippen LogP contribution in [0, 0.1) is 0 Å². The van der Waals surface area contributed by atoms with E-state index in [9.17, 15) is 4.79 Å². The third kappa shape index (κ3) is 1.85. The lowest BCUT2D eigenvalue weighted by Gasteiger charge is -2.03. The summed E-state index contributed by atoms with van der Waals surface area (Å²) in [4.78, 5) is 10.6. The Balaban J connectivity index is 2.32. The minimum Gasteiger partial charge on any atom is -0.480 e. The van der Waals surface area contributed by atoms with E-state index in [2.05, 4.69) is 0 Å². The van der Waals surface area contributed by atoms with E-state index in [0.29, 0.717) is 0 Å². The molecule has 0 aliphatic heterocycles. The normalized spacial score (nSPS) is 12.9. The molecule has 0 saturated heterocycles. The number of fused-ring (bicyclic) bond motifs is 1. The second-order valence-electron chi connectivity index (χ2n) is 3.41. The molecule has 0 amide bonds. The number of benzene rings is 1. The first-order chi connectivity index (χ1) is 7.18. The molecule has 0 fully saturated rings. The summed E-state index contributed by atoms with van der Waals surface area (Å²) < 4.78 is 5.28. The molecular weight excluding hydrogens is 194 g/mol. The maximum Gasteiger partial charge on any atom is 0.320 e. The van der Waals surface area contributed by atoms with E-state index in [0.717, 1.165) is 16.5 Å². The zero-order valence-electron chi connectivity index (χ0n) is 8.01. The van der Waals surface area contributed by atoms with Crippen molar-refractivity contribution in [3.05, 3.63) is 36.1 Å². The van der Waals surface area contributed by atoms with Gasteiger partial charge >= 0.3 is 5.97 Å². The van der Waals surface area contributed by atoms with Gasteiger partial charge in [-0.3, -0.25) is 4.79 Å². The maximum absolute atomic E-state index is 10.6. The number of rotatable bonds is 3. The zero-order valence-corrected chi connectivity index (χ0v) is 8.01. The minimum absolute atomic E-state index is 0.284. The van der Waals surface area contributed by atoms with Crippen molar-refractivity contribution in [2.45, 2.75) is 12.5 Å². The Hall–Kier alpha value is -1.81. The van der Waals surface area contributed by atoms with Crippen LogP contribution in [0.4, 0.5) is 0 Å². The molecule has 0 bridgehead atoms. The van der Waals surface area contributed by atoms with Crippen molar-refractivity contribution in [2.24, 2.45) is 5.73 Å². The summed E-state index contributed by atoms with van der Waals surface area (Å²) in [5.41, 5.74) is 7.05. The minimum atomic E-state index is -1.000. The fourth-order valence-corrected chi connectivity index (χ4v) is 1.52. The molecule has 1 heterocycles. The van der Waals surface area contributed by atoms with Gasteiger partial charge in [0.25, 0.3) is 0 Å². The number of para-hydroxylation sites is 1. The first-order valence-corrected chi connectivity index (χ1v) is 4.62. The van der Waals surface area contributed by atoms with Gasteiger partial charge in [-0.05, 0) is 6.07 Å². The van der Waals surface area contributed by atoms with Crippen molar-refractivity contribution in [3.8, 4) is 0 Å². The van der Waals surface area contributed by atoms with Gasteiger partial charge < -0.3 is 15.3 Å². The van der Waals surface area contributed by atoms with Crippen LogP contribution in [-0.2, 0) is 11.2 Å². The van der Waals surface area contributed by atoms with Crippen molar-refractivity contribution in [2.75, 3.05) is 0 Å². The average molecular weight is 205 g/mol. The van der Waals surface area contributed by atoms with Crippen molar-refractivity contribution in [1.29, 1.82) is 0 Å². The molecule has 0 aliphatic rings. The van der Waals surface area contributed by atoms with E-state index >= 15 is 0 Å². The van der Waals surface area contributed by atoms with Crippen LogP contribution in [-0.4, -0.2) is 17.1 Å². The van der Waals surface area contributed by atoms with E-state index < -0.39 is 12.0 Å². The Labute approximate surface area is 86.3 Å². The second kappa shape index (κ2) is 3.74. The topological polar surface area (TPSA) is 76.5 Å². The Morgan fingerprint density at radius 1 is 1.47 bits per heavy atom. The summed E-state index contributed by atoms with van der Waals surface area (Å²) in [5, 5.41) is 9.62. The quantitative estimate of drug-likeness (QED) is 0.793. The summed E-state index contributed by atoms with van der Waals surface area (Å²) in [6.07, 6.45) is 1.85. The van der Waals surface area contributed by atoms with Gasteiger partial charge in [0.1, 0.15) is 11.6 Å². The van der Waals surface area contributed by atoms with Crippen LogP contribution in [0.2, 0.25) is 0 Å². The Morgan fingerprint density at radius 3 is 2.93 bits per heavy atom. The Morgan fingerprint density at radius 2 is 2.20 bits per heavy atom. The van der Waals surface area contributed by atoms with Crippen molar-refractivity contribution in [1.82, 2.24) is 0 Å². The molecule has 0 spiro atoms. The predicted molar refractivity (Wildman–Crippen MR) is 55.5 cm³/mol. The van der Waals surface area contributed by atoms with Gasteiger partial charge in [0.05, 0.1) is 6.26 Å². The molecule has 4 heteroatoms. The summed E-state index contributed by atoms with van der Waals surface area (Å²) in [6, 6.07) is 6.60. The second-order valence-corrected chi connectivity index (χ2v) is 3.41. The van der Waals surface area contributed by atoms with Crippen LogP contribution in [0.15, 0.2) is 34.9 Å². The van der Waals surface area contributed by atoms with Crippen LogP contribution in [0.25, 0.3) is 11.0 Å². The molecule has 3 N–H and O–H groups in total. The SMILES string of the molecule is N[C@@H](Cc1coc2ccccc12)C(=O)O. The summed E-state index contributed by atoms with van der Waals surface area (Å²) in [6.45, 7) is 0. The van der Waals surface area contributed by atoms with Crippen molar-refractivity contribution < 1.29 is 14.3 Å². The first-order valence-electron chi connectivity index (χ1n) is 4.62. The highest BCUT2D eigenvalue weighted by molar-refractivity contribution is 5.82. The molecule has 0 aliphatic carbocycles. The highest BCUT2D eigenvalue weighted by Crippen LogP contribution is 2.21. The average Bonchev–Trinajstić information content (AvgIpc) is 2.62. The van der Waals surface area contributed by atoms with E-state index in [1.807, 2.05) is 24.3 Å². The van der Waals surface area contributed by atoms with Gasteiger partial charge in [0.15, 0.2) is 0 Å². The molecular formula is C11H11NO3. The Bertz CT molecular complexity index is 489. The molecule has 0 radical (unpaired) electrons. The third-order valence-electron chi connectivity index (χ3n) is 2.32. The highest BCUT2D eigenvalue weighted by Gasteiger charge is 2.15. The monoisotopic (exact) mass is 205 g/mol. The number of aliphatic carboxylic acids is 1. The molecule has 2 rings (SSSR count). The van der Waals surface area contributed by atoms with E-state index in [4.69, 9.17) is 15.3 Å². The first kappa shape index (κ1) is 9.73. The van der Waals surface area contributed by atoms with Crippen LogP contribution >= 0.6 is 0 Å². The van der Waals surface area contributed by atoms with E-state index in [1.54, 1.807) is 6.26 Å². The third-order valence-corrected chi connectivity index (χ3v) is 2.32. The van der Waals surface area contributed by atoms with Crippen molar-refractivity contribution >= 4 is 16.9 Å². The zero-order chi connectivity index (χ0) is 10.8. The van der Waals surface area contributed by atoms with E-state index in [-0.39, 0.29) is 6.42 Å². The highest BCUT2D eigenvalue weighted by atomic mass is 16.4. The predicted octanol–water partition coefficient (Wildman–Crippen LogP) is 1.39. The van der Waals surface area contributed by atoms with E-state index in [1.165, 1.54) is 0 Å². The number of nitrogens with two attached hydrogens (primary N) is 1. The van der Waals surface area contributed by atoms with Gasteiger partial charge in [-0.15, -0.1) is 0 Å². The number of carboxylic acid groups (broad SMARTS) is 1. The molecule has 78 valence electrons. The Kier molecular flexibility index (Phi) is 2.43. The van der Waals surface area contributed by atoms with Gasteiger partial charge in [-0.1, -0.05) is 18.2 Å². The molecule has 0 saturated carbocycles. The molecule has 1 atom stereocenters. The van der Waals surface area contributed by atoms with Crippen LogP contribution in [0.3, 0.4) is 0 Å². The van der Waals surface area contributed by atoms with Crippen molar-refractivity contribution in [3.63, 3.8) is 0 Å². The fraction of sp³-hybridized carbons (Fsp3) is 0.182. The summed E-state index contributed by atoms with van der Waals surface area (Å²) in [7, 11) is 0. The molecule has 4 nitrogen and oxygen atoms in total. The number of carbonyl (C=O) groups is 1. The van der Waals surface area contributed by atoms with Gasteiger partial charge in [0.2, 0.25) is 0 Å². The largest absolute Gasteiger partial charge is 0.480 e. The maximum atomic E-state index is 10.6. The van der Waals surface area contributed by atoms with Crippen LogP contribution in [0.1, 0.15) is 5.56 Å². The molecule has 1 aromatic heterocycles. The lowest BCUT2D eigenvalue weighted by Crippen LogP contribution is -2.32. The number of hydrogen-bond acceptors (Lipinski definition) is 3. The molecule has 0 unspecified atom stereocenters. The van der Waals surface area contributed by atoms with Gasteiger partial charge in [0, 0.05) is 17.4 Å². The number of hydrogen-bond donors (Lipinski definition) is 2. The summed E-state index contributed by atoms with van der Waals surface area (Å²) >= 11 is 0. The molecule has 1 aromatic carbocycles. The van der Waals surface area contributed by atoms with Crippen LogP contribution in [0.5, 0.6) is 0 Å². The fourth-order valence-electron chi connectivity index (χ4n) is 1.52.